The molecule has 0 radical (unpaired) electrons. The number of aliphatic hydroxyl groups is 1. The van der Waals surface area contributed by atoms with Crippen LogP contribution < -0.4 is 0 Å². The van der Waals surface area contributed by atoms with Crippen molar-refractivity contribution in [1.29, 1.82) is 0 Å². The SMILES string of the molecule is CC(c1ccc(C(C)(C)O)nc1)N1C[C@@H](C)n2nc3c(c2C1=O)CN(C(=O)c1ccc(Cl)c(Cl)c1)[C@H](C)C3. The van der Waals surface area contributed by atoms with E-state index in [-0.39, 0.29) is 36.5 Å². The van der Waals surface area contributed by atoms with Crippen LogP contribution in [0.2, 0.25) is 10.0 Å². The fourth-order valence-corrected chi connectivity index (χ4v) is 5.58. The number of benzene rings is 1. The number of hydrogen-bond acceptors (Lipinski definition) is 5. The minimum atomic E-state index is -1.04. The zero-order valence-corrected chi connectivity index (χ0v) is 23.6. The predicted octanol–water partition coefficient (Wildman–Crippen LogP) is 5.18. The summed E-state index contributed by atoms with van der Waals surface area (Å²) in [5.41, 5.74) is 3.04. The lowest BCUT2D eigenvalue weighted by Crippen LogP contribution is -2.45. The Hall–Kier alpha value is -2.94. The smallest absolute Gasteiger partial charge is 0.273 e. The molecule has 4 heterocycles. The molecular weight excluding hydrogens is 525 g/mol. The van der Waals surface area contributed by atoms with Crippen molar-refractivity contribution < 1.29 is 14.7 Å². The molecule has 0 saturated heterocycles. The molecule has 2 aromatic heterocycles. The summed E-state index contributed by atoms with van der Waals surface area (Å²) in [6.07, 6.45) is 2.27. The van der Waals surface area contributed by atoms with Gasteiger partial charge >= 0.3 is 0 Å². The molecule has 10 heteroatoms. The summed E-state index contributed by atoms with van der Waals surface area (Å²) in [7, 11) is 0. The zero-order valence-electron chi connectivity index (χ0n) is 22.1. The van der Waals surface area contributed by atoms with Crippen LogP contribution in [0.25, 0.3) is 0 Å². The molecule has 2 amide bonds. The van der Waals surface area contributed by atoms with Crippen LogP contribution in [0.4, 0.5) is 0 Å². The second-order valence-corrected chi connectivity index (χ2v) is 11.7. The van der Waals surface area contributed by atoms with Gasteiger partial charge in [-0.25, -0.2) is 0 Å². The lowest BCUT2D eigenvalue weighted by atomic mass is 9.96. The maximum atomic E-state index is 13.9. The maximum Gasteiger partial charge on any atom is 0.273 e. The van der Waals surface area contributed by atoms with E-state index in [1.54, 1.807) is 49.2 Å². The van der Waals surface area contributed by atoms with Gasteiger partial charge in [0.2, 0.25) is 0 Å². The molecule has 0 saturated carbocycles. The van der Waals surface area contributed by atoms with Crippen LogP contribution in [-0.2, 0) is 18.6 Å². The van der Waals surface area contributed by atoms with E-state index in [0.29, 0.717) is 40.0 Å². The van der Waals surface area contributed by atoms with E-state index in [1.807, 2.05) is 36.4 Å². The number of rotatable bonds is 4. The fraction of sp³-hybridized carbons (Fsp3) is 0.429. The first-order chi connectivity index (χ1) is 17.9. The summed E-state index contributed by atoms with van der Waals surface area (Å²) < 4.78 is 1.83. The monoisotopic (exact) mass is 555 g/mol. The van der Waals surface area contributed by atoms with E-state index in [1.165, 1.54) is 0 Å². The maximum absolute atomic E-state index is 13.9. The first kappa shape index (κ1) is 26.7. The quantitative estimate of drug-likeness (QED) is 0.479. The van der Waals surface area contributed by atoms with Gasteiger partial charge in [0.15, 0.2) is 0 Å². The minimum absolute atomic E-state index is 0.0334. The predicted molar refractivity (Wildman–Crippen MR) is 145 cm³/mol. The van der Waals surface area contributed by atoms with Gasteiger partial charge in [-0.2, -0.15) is 5.10 Å². The number of hydrogen-bond donors (Lipinski definition) is 1. The molecule has 3 atom stereocenters. The molecule has 1 aromatic carbocycles. The number of pyridine rings is 1. The van der Waals surface area contributed by atoms with Crippen LogP contribution in [0.15, 0.2) is 36.5 Å². The largest absolute Gasteiger partial charge is 0.384 e. The standard InChI is InChI=1S/C28H31Cl2N5O3/c1-15-10-23-20(14-33(15)26(36)18-6-8-21(29)22(30)11-18)25-27(37)34(13-16(2)35(25)32-23)17(3)19-7-9-24(31-12-19)28(4,5)38/h6-9,11-12,15-17,38H,10,13-14H2,1-5H3/t15-,16-,17?/m1/s1. The summed E-state index contributed by atoms with van der Waals surface area (Å²) in [6, 6.07) is 8.20. The number of halogens is 2. The molecule has 3 aromatic rings. The van der Waals surface area contributed by atoms with E-state index in [0.717, 1.165) is 16.8 Å². The highest BCUT2D eigenvalue weighted by Gasteiger charge is 2.40. The second-order valence-electron chi connectivity index (χ2n) is 10.9. The Bertz CT molecular complexity index is 1410. The van der Waals surface area contributed by atoms with E-state index >= 15 is 0 Å². The van der Waals surface area contributed by atoms with Gasteiger partial charge in [-0.1, -0.05) is 29.3 Å². The molecule has 2 aliphatic heterocycles. The van der Waals surface area contributed by atoms with Gasteiger partial charge in [0.1, 0.15) is 11.3 Å². The first-order valence-electron chi connectivity index (χ1n) is 12.7. The Morgan fingerprint density at radius 3 is 2.50 bits per heavy atom. The fourth-order valence-electron chi connectivity index (χ4n) is 5.28. The van der Waals surface area contributed by atoms with Crippen LogP contribution in [0, 0.1) is 0 Å². The van der Waals surface area contributed by atoms with Crippen molar-refractivity contribution in [3.05, 3.63) is 80.3 Å². The van der Waals surface area contributed by atoms with Crippen LogP contribution in [0.1, 0.15) is 90.1 Å². The van der Waals surface area contributed by atoms with E-state index < -0.39 is 5.60 Å². The third-order valence-electron chi connectivity index (χ3n) is 7.57. The summed E-state index contributed by atoms with van der Waals surface area (Å²) in [5.74, 6) is -0.284. The van der Waals surface area contributed by atoms with Crippen LogP contribution >= 0.6 is 23.2 Å². The highest BCUT2D eigenvalue weighted by Crippen LogP contribution is 2.35. The Morgan fingerprint density at radius 1 is 1.13 bits per heavy atom. The van der Waals surface area contributed by atoms with Gasteiger partial charge in [-0.3, -0.25) is 19.3 Å². The summed E-state index contributed by atoms with van der Waals surface area (Å²) in [6.45, 7) is 10.2. The lowest BCUT2D eigenvalue weighted by molar-refractivity contribution is 0.0572. The normalized spacial score (nSPS) is 20.3. The Morgan fingerprint density at radius 2 is 1.87 bits per heavy atom. The molecule has 5 rings (SSSR count). The van der Waals surface area contributed by atoms with Crippen molar-refractivity contribution in [1.82, 2.24) is 24.6 Å². The Kier molecular flexibility index (Phi) is 6.78. The van der Waals surface area contributed by atoms with Crippen molar-refractivity contribution in [2.45, 2.75) is 71.3 Å². The number of aromatic nitrogens is 3. The second kappa shape index (κ2) is 9.67. The summed E-state index contributed by atoms with van der Waals surface area (Å²) in [5, 5.41) is 15.8. The van der Waals surface area contributed by atoms with E-state index in [4.69, 9.17) is 28.3 Å². The van der Waals surface area contributed by atoms with Crippen LogP contribution in [0.5, 0.6) is 0 Å². The molecule has 0 fully saturated rings. The van der Waals surface area contributed by atoms with Crippen molar-refractivity contribution in [3.63, 3.8) is 0 Å². The number of carbonyl (C=O) groups excluding carboxylic acids is 2. The average molecular weight is 556 g/mol. The highest BCUT2D eigenvalue weighted by atomic mass is 35.5. The number of amides is 2. The van der Waals surface area contributed by atoms with Crippen molar-refractivity contribution in [2.75, 3.05) is 6.54 Å². The summed E-state index contributed by atoms with van der Waals surface area (Å²) in [4.78, 5) is 35.4. The third-order valence-corrected chi connectivity index (χ3v) is 8.31. The summed E-state index contributed by atoms with van der Waals surface area (Å²) >= 11 is 12.2. The molecule has 0 spiro atoms. The Labute approximate surface area is 232 Å². The van der Waals surface area contributed by atoms with Gasteiger partial charge in [-0.05, 0) is 64.4 Å². The van der Waals surface area contributed by atoms with Gasteiger partial charge in [0.05, 0.1) is 40.1 Å². The molecule has 38 heavy (non-hydrogen) atoms. The Balaban J connectivity index is 1.45. The molecule has 1 N–H and O–H groups in total. The number of fused-ring (bicyclic) bond motifs is 3. The molecular formula is C28H31Cl2N5O3. The zero-order chi connectivity index (χ0) is 27.5. The van der Waals surface area contributed by atoms with E-state index in [2.05, 4.69) is 4.98 Å². The van der Waals surface area contributed by atoms with Gasteiger partial charge in [0.25, 0.3) is 11.8 Å². The van der Waals surface area contributed by atoms with Gasteiger partial charge in [0, 0.05) is 36.3 Å². The first-order valence-corrected chi connectivity index (χ1v) is 13.5. The van der Waals surface area contributed by atoms with Crippen molar-refractivity contribution in [3.8, 4) is 0 Å². The number of nitrogens with zero attached hydrogens (tertiary/aromatic N) is 5. The van der Waals surface area contributed by atoms with E-state index in [9.17, 15) is 14.7 Å². The molecule has 1 unspecified atom stereocenters. The van der Waals surface area contributed by atoms with Crippen LogP contribution in [-0.4, -0.2) is 54.1 Å². The minimum Gasteiger partial charge on any atom is -0.384 e. The van der Waals surface area contributed by atoms with Crippen LogP contribution in [0.3, 0.4) is 0 Å². The average Bonchev–Trinajstić information content (AvgIpc) is 3.25. The van der Waals surface area contributed by atoms with Gasteiger partial charge < -0.3 is 14.9 Å². The number of carbonyl (C=O) groups is 2. The third kappa shape index (κ3) is 4.59. The molecule has 200 valence electrons. The molecule has 0 bridgehead atoms. The van der Waals surface area contributed by atoms with Crippen molar-refractivity contribution in [2.24, 2.45) is 0 Å². The molecule has 2 aliphatic rings. The lowest BCUT2D eigenvalue weighted by Gasteiger charge is -2.37. The topological polar surface area (TPSA) is 91.6 Å². The highest BCUT2D eigenvalue weighted by molar-refractivity contribution is 6.42. The molecule has 8 nitrogen and oxygen atoms in total. The molecule has 0 aliphatic carbocycles. The van der Waals surface area contributed by atoms with Crippen molar-refractivity contribution >= 4 is 35.0 Å². The van der Waals surface area contributed by atoms with Gasteiger partial charge in [-0.15, -0.1) is 0 Å².